The summed E-state index contributed by atoms with van der Waals surface area (Å²) in [6, 6.07) is 14.6. The normalized spacial score (nSPS) is 10.8. The third-order valence-corrected chi connectivity index (χ3v) is 3.62. The fourth-order valence-corrected chi connectivity index (χ4v) is 2.46. The lowest BCUT2D eigenvalue weighted by atomic mass is 10.00. The lowest BCUT2D eigenvalue weighted by Crippen LogP contribution is -2.04. The summed E-state index contributed by atoms with van der Waals surface area (Å²) in [5, 5.41) is 1.26. The number of carbonyl (C=O) groups is 1. The van der Waals surface area contributed by atoms with Crippen molar-refractivity contribution in [2.45, 2.75) is 13.8 Å². The molecule has 0 radical (unpaired) electrons. The van der Waals surface area contributed by atoms with E-state index in [0.29, 0.717) is 16.7 Å². The van der Waals surface area contributed by atoms with Crippen LogP contribution in [0.5, 0.6) is 0 Å². The SMILES string of the molecule is CC(=O)c1ccc2c(=O)oc(-c3ccccc3)c(C)c2c1. The fourth-order valence-electron chi connectivity index (χ4n) is 2.46. The zero-order valence-corrected chi connectivity index (χ0v) is 11.8. The van der Waals surface area contributed by atoms with Crippen LogP contribution in [0.4, 0.5) is 0 Å². The number of Topliss-reactive ketones (excluding diaryl/α,β-unsaturated/α-hetero) is 1. The number of rotatable bonds is 2. The highest BCUT2D eigenvalue weighted by Crippen LogP contribution is 2.28. The smallest absolute Gasteiger partial charge is 0.344 e. The Morgan fingerprint density at radius 1 is 1.00 bits per heavy atom. The molecular weight excluding hydrogens is 264 g/mol. The van der Waals surface area contributed by atoms with Crippen LogP contribution in [-0.4, -0.2) is 5.78 Å². The second kappa shape index (κ2) is 5.02. The Balaban J connectivity index is 2.36. The molecule has 0 aliphatic rings. The predicted octanol–water partition coefficient (Wildman–Crippen LogP) is 3.97. The maximum absolute atomic E-state index is 12.2. The molecule has 0 amide bonds. The summed E-state index contributed by atoms with van der Waals surface area (Å²) in [5.41, 5.74) is 1.92. The summed E-state index contributed by atoms with van der Waals surface area (Å²) >= 11 is 0. The molecule has 0 saturated heterocycles. The number of hydrogen-bond acceptors (Lipinski definition) is 3. The Labute approximate surface area is 121 Å². The van der Waals surface area contributed by atoms with Gasteiger partial charge >= 0.3 is 5.63 Å². The van der Waals surface area contributed by atoms with Crippen LogP contribution in [-0.2, 0) is 0 Å². The highest BCUT2D eigenvalue weighted by atomic mass is 16.4. The van der Waals surface area contributed by atoms with Gasteiger partial charge in [-0.05, 0) is 31.4 Å². The summed E-state index contributed by atoms with van der Waals surface area (Å²) < 4.78 is 5.47. The molecule has 2 aromatic carbocycles. The van der Waals surface area contributed by atoms with Gasteiger partial charge in [-0.25, -0.2) is 4.79 Å². The number of fused-ring (bicyclic) bond motifs is 1. The quantitative estimate of drug-likeness (QED) is 0.666. The van der Waals surface area contributed by atoms with Crippen molar-refractivity contribution in [3.63, 3.8) is 0 Å². The van der Waals surface area contributed by atoms with E-state index in [4.69, 9.17) is 4.42 Å². The van der Waals surface area contributed by atoms with Crippen LogP contribution in [0.2, 0.25) is 0 Å². The van der Waals surface area contributed by atoms with Crippen LogP contribution in [0.3, 0.4) is 0 Å². The highest BCUT2D eigenvalue weighted by molar-refractivity contribution is 5.99. The Morgan fingerprint density at radius 3 is 2.38 bits per heavy atom. The lowest BCUT2D eigenvalue weighted by molar-refractivity contribution is 0.101. The molecule has 0 atom stereocenters. The average Bonchev–Trinajstić information content (AvgIpc) is 2.51. The van der Waals surface area contributed by atoms with Crippen LogP contribution >= 0.6 is 0 Å². The molecule has 0 fully saturated rings. The van der Waals surface area contributed by atoms with Crippen LogP contribution < -0.4 is 5.63 Å². The van der Waals surface area contributed by atoms with Gasteiger partial charge < -0.3 is 4.42 Å². The molecule has 0 aliphatic carbocycles. The zero-order chi connectivity index (χ0) is 15.0. The molecule has 0 aliphatic heterocycles. The largest absolute Gasteiger partial charge is 0.422 e. The Bertz CT molecular complexity index is 889. The van der Waals surface area contributed by atoms with Crippen LogP contribution in [0.1, 0.15) is 22.8 Å². The van der Waals surface area contributed by atoms with Crippen molar-refractivity contribution in [2.24, 2.45) is 0 Å². The van der Waals surface area contributed by atoms with Crippen molar-refractivity contribution in [1.82, 2.24) is 0 Å². The first-order valence-corrected chi connectivity index (χ1v) is 6.72. The first-order valence-electron chi connectivity index (χ1n) is 6.72. The molecule has 3 aromatic rings. The number of hydrogen-bond donors (Lipinski definition) is 0. The minimum Gasteiger partial charge on any atom is -0.422 e. The molecule has 0 bridgehead atoms. The van der Waals surface area contributed by atoms with Crippen molar-refractivity contribution < 1.29 is 9.21 Å². The summed E-state index contributed by atoms with van der Waals surface area (Å²) in [7, 11) is 0. The Morgan fingerprint density at radius 2 is 1.71 bits per heavy atom. The summed E-state index contributed by atoms with van der Waals surface area (Å²) in [6.07, 6.45) is 0. The summed E-state index contributed by atoms with van der Waals surface area (Å²) in [6.45, 7) is 3.41. The van der Waals surface area contributed by atoms with Crippen molar-refractivity contribution in [2.75, 3.05) is 0 Å². The van der Waals surface area contributed by atoms with E-state index in [1.54, 1.807) is 18.2 Å². The molecular formula is C18H14O3. The zero-order valence-electron chi connectivity index (χ0n) is 11.8. The van der Waals surface area contributed by atoms with Crippen LogP contribution in [0.15, 0.2) is 57.7 Å². The van der Waals surface area contributed by atoms with Gasteiger partial charge in [0.25, 0.3) is 0 Å². The van der Waals surface area contributed by atoms with Crippen LogP contribution in [0.25, 0.3) is 22.1 Å². The minimum atomic E-state index is -0.385. The molecule has 0 unspecified atom stereocenters. The molecule has 1 heterocycles. The second-order valence-electron chi connectivity index (χ2n) is 5.03. The minimum absolute atomic E-state index is 0.0224. The molecule has 1 aromatic heterocycles. The standard InChI is InChI=1S/C18H14O3/c1-11-16-10-14(12(2)19)8-9-15(16)18(20)21-17(11)13-6-4-3-5-7-13/h3-10H,1-2H3. The van der Waals surface area contributed by atoms with Crippen LogP contribution in [0, 0.1) is 6.92 Å². The molecule has 21 heavy (non-hydrogen) atoms. The van der Waals surface area contributed by atoms with E-state index in [0.717, 1.165) is 16.5 Å². The van der Waals surface area contributed by atoms with Gasteiger partial charge in [0, 0.05) is 16.7 Å². The van der Waals surface area contributed by atoms with Gasteiger partial charge in [0.2, 0.25) is 0 Å². The predicted molar refractivity (Wildman–Crippen MR) is 82.7 cm³/mol. The van der Waals surface area contributed by atoms with E-state index >= 15 is 0 Å². The van der Waals surface area contributed by atoms with Crippen molar-refractivity contribution >= 4 is 16.6 Å². The van der Waals surface area contributed by atoms with Gasteiger partial charge in [-0.2, -0.15) is 0 Å². The topological polar surface area (TPSA) is 47.3 Å². The van der Waals surface area contributed by atoms with Crippen molar-refractivity contribution in [3.05, 3.63) is 70.1 Å². The monoisotopic (exact) mass is 278 g/mol. The van der Waals surface area contributed by atoms with Gasteiger partial charge in [-0.15, -0.1) is 0 Å². The molecule has 3 heteroatoms. The molecule has 0 saturated carbocycles. The maximum atomic E-state index is 12.2. The van der Waals surface area contributed by atoms with Gasteiger partial charge in [0.05, 0.1) is 5.39 Å². The second-order valence-corrected chi connectivity index (χ2v) is 5.03. The van der Waals surface area contributed by atoms with Gasteiger partial charge in [-0.3, -0.25) is 4.79 Å². The highest BCUT2D eigenvalue weighted by Gasteiger charge is 2.13. The van der Waals surface area contributed by atoms with Gasteiger partial charge in [0.1, 0.15) is 5.76 Å². The fraction of sp³-hybridized carbons (Fsp3) is 0.111. The van der Waals surface area contributed by atoms with Crippen molar-refractivity contribution in [3.8, 4) is 11.3 Å². The maximum Gasteiger partial charge on any atom is 0.344 e. The Kier molecular flexibility index (Phi) is 3.18. The molecule has 104 valence electrons. The summed E-state index contributed by atoms with van der Waals surface area (Å²) in [5.74, 6) is 0.527. The van der Waals surface area contributed by atoms with Gasteiger partial charge in [0.15, 0.2) is 5.78 Å². The third-order valence-electron chi connectivity index (χ3n) is 3.62. The number of ketones is 1. The van der Waals surface area contributed by atoms with E-state index in [9.17, 15) is 9.59 Å². The lowest BCUT2D eigenvalue weighted by Gasteiger charge is -2.08. The van der Waals surface area contributed by atoms with E-state index in [1.165, 1.54) is 6.92 Å². The number of carbonyl (C=O) groups excluding carboxylic acids is 1. The number of benzene rings is 2. The third kappa shape index (κ3) is 2.27. The molecule has 0 spiro atoms. The van der Waals surface area contributed by atoms with E-state index in [2.05, 4.69) is 0 Å². The van der Waals surface area contributed by atoms with E-state index in [1.807, 2.05) is 37.3 Å². The van der Waals surface area contributed by atoms with E-state index < -0.39 is 0 Å². The Hall–Kier alpha value is -2.68. The molecule has 0 N–H and O–H groups in total. The van der Waals surface area contributed by atoms with Gasteiger partial charge in [-0.1, -0.05) is 36.4 Å². The van der Waals surface area contributed by atoms with Crippen molar-refractivity contribution in [1.29, 1.82) is 0 Å². The van der Waals surface area contributed by atoms with E-state index in [-0.39, 0.29) is 11.4 Å². The molecule has 3 nitrogen and oxygen atoms in total. The number of aryl methyl sites for hydroxylation is 1. The molecule has 3 rings (SSSR count). The first kappa shape index (κ1) is 13.3. The summed E-state index contributed by atoms with van der Waals surface area (Å²) in [4.78, 5) is 23.7. The average molecular weight is 278 g/mol. The first-order chi connectivity index (χ1) is 10.1.